The molecule has 2 heterocycles. The van der Waals surface area contributed by atoms with Crippen LogP contribution in [0.1, 0.15) is 21.5 Å². The number of nitrogens with zero attached hydrogens (tertiary/aromatic N) is 2. The summed E-state index contributed by atoms with van der Waals surface area (Å²) in [7, 11) is 0. The Hall–Kier alpha value is -1.94. The van der Waals surface area contributed by atoms with Gasteiger partial charge in [0.1, 0.15) is 5.15 Å². The predicted octanol–water partition coefficient (Wildman–Crippen LogP) is 2.37. The van der Waals surface area contributed by atoms with Crippen LogP contribution < -0.4 is 5.32 Å². The zero-order valence-corrected chi connectivity index (χ0v) is 10.6. The predicted molar refractivity (Wildman–Crippen MR) is 69.4 cm³/mol. The molecule has 92 valence electrons. The van der Waals surface area contributed by atoms with Gasteiger partial charge in [0.15, 0.2) is 0 Å². The van der Waals surface area contributed by atoms with Gasteiger partial charge in [0.2, 0.25) is 0 Å². The van der Waals surface area contributed by atoms with Gasteiger partial charge in [-0.15, -0.1) is 0 Å². The van der Waals surface area contributed by atoms with Crippen LogP contribution in [0.5, 0.6) is 0 Å². The summed E-state index contributed by atoms with van der Waals surface area (Å²) >= 11 is 5.85. The van der Waals surface area contributed by atoms with E-state index in [0.29, 0.717) is 12.1 Å². The number of halogens is 1. The van der Waals surface area contributed by atoms with Gasteiger partial charge in [-0.2, -0.15) is 0 Å². The third kappa shape index (κ3) is 2.84. The van der Waals surface area contributed by atoms with Gasteiger partial charge in [-0.25, -0.2) is 4.98 Å². The molecule has 4 nitrogen and oxygen atoms in total. The van der Waals surface area contributed by atoms with E-state index >= 15 is 0 Å². The van der Waals surface area contributed by atoms with Crippen LogP contribution in [0.3, 0.4) is 0 Å². The fourth-order valence-corrected chi connectivity index (χ4v) is 1.73. The van der Waals surface area contributed by atoms with Crippen molar-refractivity contribution in [2.24, 2.45) is 0 Å². The van der Waals surface area contributed by atoms with Gasteiger partial charge in [0, 0.05) is 25.1 Å². The number of carbonyl (C=O) groups is 1. The third-order valence-electron chi connectivity index (χ3n) is 2.58. The molecule has 0 saturated heterocycles. The Morgan fingerprint density at radius 1 is 1.39 bits per heavy atom. The number of aryl methyl sites for hydroxylation is 1. The molecule has 2 rings (SSSR count). The SMILES string of the molecule is Cc1cnccc1CNC(=O)c1cccnc1Cl. The molecular formula is C13H12ClN3O. The maximum absolute atomic E-state index is 11.9. The van der Waals surface area contributed by atoms with Crippen molar-refractivity contribution in [2.45, 2.75) is 13.5 Å². The van der Waals surface area contributed by atoms with Crippen molar-refractivity contribution in [3.8, 4) is 0 Å². The Labute approximate surface area is 110 Å². The maximum atomic E-state index is 11.9. The van der Waals surface area contributed by atoms with E-state index in [1.165, 1.54) is 0 Å². The molecule has 0 radical (unpaired) electrons. The first-order chi connectivity index (χ1) is 8.68. The molecule has 0 aromatic carbocycles. The fraction of sp³-hybridized carbons (Fsp3) is 0.154. The minimum absolute atomic E-state index is 0.210. The van der Waals surface area contributed by atoms with Gasteiger partial charge >= 0.3 is 0 Å². The topological polar surface area (TPSA) is 54.9 Å². The standard InChI is InChI=1S/C13H12ClN3O/c1-9-7-15-6-4-10(9)8-17-13(18)11-3-2-5-16-12(11)14/h2-7H,8H2,1H3,(H,17,18). The van der Waals surface area contributed by atoms with Crippen molar-refractivity contribution < 1.29 is 4.79 Å². The Balaban J connectivity index is 2.06. The molecule has 0 aliphatic carbocycles. The maximum Gasteiger partial charge on any atom is 0.254 e. The summed E-state index contributed by atoms with van der Waals surface area (Å²) in [5.41, 5.74) is 2.44. The average Bonchev–Trinajstić information content (AvgIpc) is 2.38. The summed E-state index contributed by atoms with van der Waals surface area (Å²) < 4.78 is 0. The van der Waals surface area contributed by atoms with Crippen molar-refractivity contribution in [2.75, 3.05) is 0 Å². The van der Waals surface area contributed by atoms with Crippen molar-refractivity contribution in [1.82, 2.24) is 15.3 Å². The van der Waals surface area contributed by atoms with Crippen LogP contribution in [-0.2, 0) is 6.54 Å². The van der Waals surface area contributed by atoms with Crippen molar-refractivity contribution in [3.63, 3.8) is 0 Å². The van der Waals surface area contributed by atoms with Crippen LogP contribution in [0.4, 0.5) is 0 Å². The average molecular weight is 262 g/mol. The van der Waals surface area contributed by atoms with Gasteiger partial charge in [-0.1, -0.05) is 11.6 Å². The Morgan fingerprint density at radius 3 is 2.94 bits per heavy atom. The molecule has 0 unspecified atom stereocenters. The van der Waals surface area contributed by atoms with Gasteiger partial charge in [-0.05, 0) is 36.2 Å². The van der Waals surface area contributed by atoms with Crippen molar-refractivity contribution in [3.05, 3.63) is 58.6 Å². The first kappa shape index (κ1) is 12.5. The number of nitrogens with one attached hydrogen (secondary N) is 1. The Kier molecular flexibility index (Phi) is 3.89. The highest BCUT2D eigenvalue weighted by Gasteiger charge is 2.10. The quantitative estimate of drug-likeness (QED) is 0.863. The molecule has 1 N–H and O–H groups in total. The van der Waals surface area contributed by atoms with E-state index in [1.54, 1.807) is 30.7 Å². The van der Waals surface area contributed by atoms with Crippen LogP contribution in [0.25, 0.3) is 0 Å². The molecule has 0 atom stereocenters. The zero-order valence-electron chi connectivity index (χ0n) is 9.85. The highest BCUT2D eigenvalue weighted by atomic mass is 35.5. The van der Waals surface area contributed by atoms with Gasteiger partial charge in [0.25, 0.3) is 5.91 Å². The van der Waals surface area contributed by atoms with Crippen molar-refractivity contribution in [1.29, 1.82) is 0 Å². The highest BCUT2D eigenvalue weighted by molar-refractivity contribution is 6.32. The molecule has 0 aliphatic rings. The van der Waals surface area contributed by atoms with E-state index < -0.39 is 0 Å². The molecule has 1 amide bonds. The monoisotopic (exact) mass is 261 g/mol. The lowest BCUT2D eigenvalue weighted by molar-refractivity contribution is 0.0950. The second-order valence-electron chi connectivity index (χ2n) is 3.83. The number of carbonyl (C=O) groups excluding carboxylic acids is 1. The lowest BCUT2D eigenvalue weighted by atomic mass is 10.1. The minimum Gasteiger partial charge on any atom is -0.348 e. The van der Waals surface area contributed by atoms with Gasteiger partial charge in [-0.3, -0.25) is 9.78 Å². The van der Waals surface area contributed by atoms with Gasteiger partial charge < -0.3 is 5.32 Å². The molecule has 0 spiro atoms. The van der Waals surface area contributed by atoms with E-state index in [-0.39, 0.29) is 11.1 Å². The zero-order chi connectivity index (χ0) is 13.0. The molecule has 0 bridgehead atoms. The number of hydrogen-bond acceptors (Lipinski definition) is 3. The van der Waals surface area contributed by atoms with Crippen LogP contribution in [0.2, 0.25) is 5.15 Å². The molecular weight excluding hydrogens is 250 g/mol. The summed E-state index contributed by atoms with van der Waals surface area (Å²) in [6.45, 7) is 2.39. The van der Waals surface area contributed by atoms with Crippen molar-refractivity contribution >= 4 is 17.5 Å². The highest BCUT2D eigenvalue weighted by Crippen LogP contribution is 2.11. The smallest absolute Gasteiger partial charge is 0.254 e. The second-order valence-corrected chi connectivity index (χ2v) is 4.18. The van der Waals surface area contributed by atoms with E-state index in [1.807, 2.05) is 13.0 Å². The summed E-state index contributed by atoms with van der Waals surface area (Å²) in [4.78, 5) is 19.8. The second kappa shape index (κ2) is 5.60. The lowest BCUT2D eigenvalue weighted by Crippen LogP contribution is -2.23. The lowest BCUT2D eigenvalue weighted by Gasteiger charge is -2.08. The summed E-state index contributed by atoms with van der Waals surface area (Å²) in [6, 6.07) is 5.20. The van der Waals surface area contributed by atoms with E-state index in [4.69, 9.17) is 11.6 Å². The molecule has 0 saturated carbocycles. The van der Waals surface area contributed by atoms with Crippen LogP contribution in [0, 0.1) is 6.92 Å². The Bertz CT molecular complexity index is 572. The number of hydrogen-bond donors (Lipinski definition) is 1. The first-order valence-electron chi connectivity index (χ1n) is 5.46. The minimum atomic E-state index is -0.232. The molecule has 0 aliphatic heterocycles. The number of rotatable bonds is 3. The Morgan fingerprint density at radius 2 is 2.22 bits per heavy atom. The van der Waals surface area contributed by atoms with E-state index in [0.717, 1.165) is 11.1 Å². The molecule has 18 heavy (non-hydrogen) atoms. The summed E-state index contributed by atoms with van der Waals surface area (Å²) in [6.07, 6.45) is 5.01. The number of pyridine rings is 2. The normalized spacial score (nSPS) is 10.1. The van der Waals surface area contributed by atoms with E-state index in [9.17, 15) is 4.79 Å². The number of amides is 1. The van der Waals surface area contributed by atoms with Crippen LogP contribution in [0.15, 0.2) is 36.8 Å². The molecule has 2 aromatic rings. The third-order valence-corrected chi connectivity index (χ3v) is 2.88. The summed E-state index contributed by atoms with van der Waals surface area (Å²) in [5.74, 6) is -0.232. The number of aromatic nitrogens is 2. The van der Waals surface area contributed by atoms with Crippen LogP contribution >= 0.6 is 11.6 Å². The summed E-state index contributed by atoms with van der Waals surface area (Å²) in [5, 5.41) is 3.02. The fourth-order valence-electron chi connectivity index (χ4n) is 1.53. The van der Waals surface area contributed by atoms with Crippen LogP contribution in [-0.4, -0.2) is 15.9 Å². The molecule has 5 heteroatoms. The molecule has 0 fully saturated rings. The molecule has 2 aromatic heterocycles. The van der Waals surface area contributed by atoms with E-state index in [2.05, 4.69) is 15.3 Å². The largest absolute Gasteiger partial charge is 0.348 e. The van der Waals surface area contributed by atoms with Gasteiger partial charge in [0.05, 0.1) is 5.56 Å². The first-order valence-corrected chi connectivity index (χ1v) is 5.84.